The summed E-state index contributed by atoms with van der Waals surface area (Å²) in [6.45, 7) is 15.7. The molecule has 0 unspecified atom stereocenters. The minimum Gasteiger partial charge on any atom is -0.381 e. The van der Waals surface area contributed by atoms with Gasteiger partial charge in [-0.2, -0.15) is 0 Å². The second-order valence-corrected chi connectivity index (χ2v) is 6.53. The van der Waals surface area contributed by atoms with E-state index < -0.39 is 0 Å². The Morgan fingerprint density at radius 1 is 1.19 bits per heavy atom. The summed E-state index contributed by atoms with van der Waals surface area (Å²) in [4.78, 5) is 2.59. The Kier molecular flexibility index (Phi) is 5.26. The van der Waals surface area contributed by atoms with Crippen molar-refractivity contribution in [3.8, 4) is 0 Å². The summed E-state index contributed by atoms with van der Waals surface area (Å²) >= 11 is 0. The standard InChI is InChI=1S/C14H29NO/c1-12(2)10-16-11-13-6-8-15(9-7-13)14(3,4)5/h12-13H,6-11H2,1-5H3. The molecule has 1 fully saturated rings. The molecule has 1 heterocycles. The molecular weight excluding hydrogens is 198 g/mol. The van der Waals surface area contributed by atoms with E-state index in [0.29, 0.717) is 11.5 Å². The molecule has 0 saturated carbocycles. The van der Waals surface area contributed by atoms with Gasteiger partial charge in [0.2, 0.25) is 0 Å². The first-order valence-electron chi connectivity index (χ1n) is 6.72. The molecule has 2 heteroatoms. The highest BCUT2D eigenvalue weighted by Gasteiger charge is 2.26. The van der Waals surface area contributed by atoms with Crippen LogP contribution in [-0.4, -0.2) is 36.7 Å². The third-order valence-electron chi connectivity index (χ3n) is 3.37. The third-order valence-corrected chi connectivity index (χ3v) is 3.37. The highest BCUT2D eigenvalue weighted by atomic mass is 16.5. The summed E-state index contributed by atoms with van der Waals surface area (Å²) < 4.78 is 5.74. The van der Waals surface area contributed by atoms with Gasteiger partial charge < -0.3 is 4.74 Å². The van der Waals surface area contributed by atoms with E-state index in [1.54, 1.807) is 0 Å². The summed E-state index contributed by atoms with van der Waals surface area (Å²) in [6, 6.07) is 0. The molecule has 1 rings (SSSR count). The largest absolute Gasteiger partial charge is 0.381 e. The monoisotopic (exact) mass is 227 g/mol. The van der Waals surface area contributed by atoms with Crippen molar-refractivity contribution >= 4 is 0 Å². The number of hydrogen-bond donors (Lipinski definition) is 0. The van der Waals surface area contributed by atoms with Crippen LogP contribution < -0.4 is 0 Å². The average molecular weight is 227 g/mol. The Morgan fingerprint density at radius 2 is 1.75 bits per heavy atom. The minimum absolute atomic E-state index is 0.337. The van der Waals surface area contributed by atoms with Crippen molar-refractivity contribution in [3.05, 3.63) is 0 Å². The summed E-state index contributed by atoms with van der Waals surface area (Å²) in [5, 5.41) is 0. The molecule has 1 saturated heterocycles. The normalized spacial score (nSPS) is 20.6. The van der Waals surface area contributed by atoms with E-state index in [9.17, 15) is 0 Å². The SMILES string of the molecule is CC(C)COCC1CCN(C(C)(C)C)CC1. The molecule has 1 aliphatic heterocycles. The maximum atomic E-state index is 5.74. The fourth-order valence-corrected chi connectivity index (χ4v) is 2.24. The quantitative estimate of drug-likeness (QED) is 0.731. The van der Waals surface area contributed by atoms with Crippen LogP contribution in [0.15, 0.2) is 0 Å². The highest BCUT2D eigenvalue weighted by Crippen LogP contribution is 2.23. The number of nitrogens with zero attached hydrogens (tertiary/aromatic N) is 1. The van der Waals surface area contributed by atoms with Crippen molar-refractivity contribution in [1.29, 1.82) is 0 Å². The van der Waals surface area contributed by atoms with Crippen LogP contribution in [0.25, 0.3) is 0 Å². The van der Waals surface area contributed by atoms with Gasteiger partial charge in [-0.05, 0) is 58.5 Å². The first-order valence-corrected chi connectivity index (χ1v) is 6.72. The van der Waals surface area contributed by atoms with Crippen molar-refractivity contribution in [2.24, 2.45) is 11.8 Å². The van der Waals surface area contributed by atoms with Crippen LogP contribution in [0, 0.1) is 11.8 Å². The van der Waals surface area contributed by atoms with Crippen molar-refractivity contribution in [1.82, 2.24) is 4.90 Å². The molecule has 0 amide bonds. The summed E-state index contributed by atoms with van der Waals surface area (Å²) in [5.41, 5.74) is 0.337. The van der Waals surface area contributed by atoms with Gasteiger partial charge in [0.15, 0.2) is 0 Å². The number of likely N-dealkylation sites (tertiary alicyclic amines) is 1. The van der Waals surface area contributed by atoms with Gasteiger partial charge in [0.25, 0.3) is 0 Å². The first-order chi connectivity index (χ1) is 7.39. The molecule has 0 aromatic heterocycles. The molecule has 0 aromatic carbocycles. The molecular formula is C14H29NO. The zero-order chi connectivity index (χ0) is 12.2. The molecule has 0 bridgehead atoms. The lowest BCUT2D eigenvalue weighted by molar-refractivity contribution is 0.0313. The van der Waals surface area contributed by atoms with E-state index >= 15 is 0 Å². The van der Waals surface area contributed by atoms with Crippen LogP contribution in [0.3, 0.4) is 0 Å². The lowest BCUT2D eigenvalue weighted by Crippen LogP contribution is -2.46. The lowest BCUT2D eigenvalue weighted by Gasteiger charge is -2.40. The molecule has 0 aromatic rings. The number of piperidine rings is 1. The van der Waals surface area contributed by atoms with Gasteiger partial charge in [0.1, 0.15) is 0 Å². The van der Waals surface area contributed by atoms with Crippen LogP contribution >= 0.6 is 0 Å². The van der Waals surface area contributed by atoms with E-state index in [1.165, 1.54) is 25.9 Å². The van der Waals surface area contributed by atoms with Gasteiger partial charge >= 0.3 is 0 Å². The molecule has 0 spiro atoms. The maximum Gasteiger partial charge on any atom is 0.0495 e. The van der Waals surface area contributed by atoms with Gasteiger partial charge in [-0.15, -0.1) is 0 Å². The van der Waals surface area contributed by atoms with E-state index in [4.69, 9.17) is 4.74 Å². The minimum atomic E-state index is 0.337. The Morgan fingerprint density at radius 3 is 2.19 bits per heavy atom. The molecule has 0 atom stereocenters. The van der Waals surface area contributed by atoms with Crippen molar-refractivity contribution < 1.29 is 4.74 Å². The number of rotatable bonds is 4. The first kappa shape index (κ1) is 14.0. The van der Waals surface area contributed by atoms with E-state index in [-0.39, 0.29) is 0 Å². The predicted octanol–water partition coefficient (Wildman–Crippen LogP) is 3.17. The van der Waals surface area contributed by atoms with Gasteiger partial charge in [-0.25, -0.2) is 0 Å². The second-order valence-electron chi connectivity index (χ2n) is 6.53. The fourth-order valence-electron chi connectivity index (χ4n) is 2.24. The maximum absolute atomic E-state index is 5.74. The second kappa shape index (κ2) is 6.02. The molecule has 2 nitrogen and oxygen atoms in total. The predicted molar refractivity (Wildman–Crippen MR) is 69.7 cm³/mol. The third kappa shape index (κ3) is 4.84. The molecule has 0 N–H and O–H groups in total. The Hall–Kier alpha value is -0.0800. The number of hydrogen-bond acceptors (Lipinski definition) is 2. The van der Waals surface area contributed by atoms with Crippen molar-refractivity contribution in [3.63, 3.8) is 0 Å². The highest BCUT2D eigenvalue weighted by molar-refractivity contribution is 4.81. The van der Waals surface area contributed by atoms with Crippen LogP contribution in [0.2, 0.25) is 0 Å². The summed E-state index contributed by atoms with van der Waals surface area (Å²) in [7, 11) is 0. The fraction of sp³-hybridized carbons (Fsp3) is 1.00. The zero-order valence-corrected chi connectivity index (χ0v) is 11.8. The molecule has 0 aliphatic carbocycles. The Balaban J connectivity index is 2.17. The summed E-state index contributed by atoms with van der Waals surface area (Å²) in [5.74, 6) is 1.45. The summed E-state index contributed by atoms with van der Waals surface area (Å²) in [6.07, 6.45) is 2.60. The van der Waals surface area contributed by atoms with Gasteiger partial charge in [0.05, 0.1) is 0 Å². The van der Waals surface area contributed by atoms with Gasteiger partial charge in [-0.3, -0.25) is 4.90 Å². The molecule has 16 heavy (non-hydrogen) atoms. The Bertz CT molecular complexity index is 187. The van der Waals surface area contributed by atoms with Crippen LogP contribution in [-0.2, 0) is 4.74 Å². The van der Waals surface area contributed by atoms with E-state index in [2.05, 4.69) is 39.5 Å². The van der Waals surface area contributed by atoms with Gasteiger partial charge in [-0.1, -0.05) is 13.8 Å². The molecule has 96 valence electrons. The van der Waals surface area contributed by atoms with Gasteiger partial charge in [0, 0.05) is 18.8 Å². The smallest absolute Gasteiger partial charge is 0.0495 e. The zero-order valence-electron chi connectivity index (χ0n) is 11.8. The molecule has 1 aliphatic rings. The lowest BCUT2D eigenvalue weighted by atomic mass is 9.94. The molecule has 0 radical (unpaired) electrons. The number of ether oxygens (including phenoxy) is 1. The Labute approximate surface area is 101 Å². The van der Waals surface area contributed by atoms with Crippen molar-refractivity contribution in [2.45, 2.75) is 53.0 Å². The van der Waals surface area contributed by atoms with Crippen LogP contribution in [0.5, 0.6) is 0 Å². The van der Waals surface area contributed by atoms with Crippen LogP contribution in [0.1, 0.15) is 47.5 Å². The van der Waals surface area contributed by atoms with Crippen LogP contribution in [0.4, 0.5) is 0 Å². The average Bonchev–Trinajstić information content (AvgIpc) is 2.16. The topological polar surface area (TPSA) is 12.5 Å². The van der Waals surface area contributed by atoms with E-state index in [0.717, 1.165) is 19.1 Å². The van der Waals surface area contributed by atoms with Crippen molar-refractivity contribution in [2.75, 3.05) is 26.3 Å². The van der Waals surface area contributed by atoms with E-state index in [1.807, 2.05) is 0 Å².